The molecule has 0 atom stereocenters. The molecule has 3 rings (SSSR count). The number of nitrogens with zero attached hydrogens (tertiary/aromatic N) is 2. The minimum atomic E-state index is -2.21. The molecule has 0 aromatic heterocycles. The summed E-state index contributed by atoms with van der Waals surface area (Å²) in [4.78, 5) is 8.42. The normalized spacial score (nSPS) is 20.0. The molecule has 0 spiro atoms. The van der Waals surface area contributed by atoms with Crippen molar-refractivity contribution in [1.82, 2.24) is 0 Å². The Kier molecular flexibility index (Phi) is 6.15. The molecule has 0 heterocycles. The summed E-state index contributed by atoms with van der Waals surface area (Å²) in [7, 11) is 0. The van der Waals surface area contributed by atoms with Crippen LogP contribution in [0.4, 0.5) is 22.0 Å². The Morgan fingerprint density at radius 2 is 1.26 bits per heavy atom. The molecule has 2 aliphatic carbocycles. The summed E-state index contributed by atoms with van der Waals surface area (Å²) >= 11 is 0. The molecule has 2 fully saturated rings. The number of ether oxygens (including phenoxy) is 1. The first-order chi connectivity index (χ1) is 12.9. The van der Waals surface area contributed by atoms with Gasteiger partial charge >= 0.3 is 0 Å². The fourth-order valence-corrected chi connectivity index (χ4v) is 3.62. The zero-order chi connectivity index (χ0) is 19.4. The van der Waals surface area contributed by atoms with Crippen LogP contribution in [0.3, 0.4) is 0 Å². The van der Waals surface area contributed by atoms with E-state index in [4.69, 9.17) is 4.74 Å². The van der Waals surface area contributed by atoms with Crippen LogP contribution >= 0.6 is 0 Å². The zero-order valence-corrected chi connectivity index (χ0v) is 14.8. The van der Waals surface area contributed by atoms with Gasteiger partial charge in [-0.15, -0.1) is 0 Å². The van der Waals surface area contributed by atoms with Gasteiger partial charge in [0.15, 0.2) is 5.75 Å². The number of aliphatic imine (C=N–C) groups is 2. The van der Waals surface area contributed by atoms with Gasteiger partial charge in [0.25, 0.3) is 0 Å². The smallest absolute Gasteiger partial charge is 0.210 e. The molecule has 3 nitrogen and oxygen atoms in total. The van der Waals surface area contributed by atoms with E-state index in [2.05, 4.69) is 16.0 Å². The molecule has 27 heavy (non-hydrogen) atoms. The lowest BCUT2D eigenvalue weighted by Gasteiger charge is -2.33. The van der Waals surface area contributed by atoms with Crippen LogP contribution in [0, 0.1) is 29.1 Å². The van der Waals surface area contributed by atoms with Gasteiger partial charge in [-0.25, -0.2) is 18.2 Å². The molecule has 0 bridgehead atoms. The van der Waals surface area contributed by atoms with E-state index in [-0.39, 0.29) is 6.04 Å². The minimum Gasteiger partial charge on any atom is -0.459 e. The maximum absolute atomic E-state index is 14.0. The monoisotopic (exact) mass is 388 g/mol. The largest absolute Gasteiger partial charge is 0.459 e. The predicted molar refractivity (Wildman–Crippen MR) is 89.4 cm³/mol. The van der Waals surface area contributed by atoms with Crippen LogP contribution in [0.25, 0.3) is 0 Å². The van der Waals surface area contributed by atoms with Crippen LogP contribution in [-0.2, 0) is 0 Å². The summed E-state index contributed by atoms with van der Waals surface area (Å²) in [6.07, 6.45) is 7.92. The Morgan fingerprint density at radius 1 is 0.741 bits per heavy atom. The van der Waals surface area contributed by atoms with E-state index in [9.17, 15) is 22.0 Å². The van der Waals surface area contributed by atoms with Crippen molar-refractivity contribution >= 4 is 6.01 Å². The third-order valence-electron chi connectivity index (χ3n) is 5.17. The van der Waals surface area contributed by atoms with Crippen molar-refractivity contribution in [3.8, 4) is 5.75 Å². The van der Waals surface area contributed by atoms with Gasteiger partial charge in [0.2, 0.25) is 34.8 Å². The summed E-state index contributed by atoms with van der Waals surface area (Å²) in [5, 5.41) is 0. The molecule has 0 radical (unpaired) electrons. The van der Waals surface area contributed by atoms with Gasteiger partial charge in [0.05, 0.1) is 12.1 Å². The number of hydrogen-bond donors (Lipinski definition) is 0. The van der Waals surface area contributed by atoms with E-state index in [1.807, 2.05) is 0 Å². The molecule has 0 amide bonds. The van der Waals surface area contributed by atoms with E-state index in [1.165, 1.54) is 0 Å². The summed E-state index contributed by atoms with van der Waals surface area (Å²) in [5.74, 6) is -11.6. The second-order valence-electron chi connectivity index (χ2n) is 7.14. The van der Waals surface area contributed by atoms with E-state index in [0.717, 1.165) is 38.5 Å². The van der Waals surface area contributed by atoms with Crippen molar-refractivity contribution in [3.05, 3.63) is 29.1 Å². The third-order valence-corrected chi connectivity index (χ3v) is 5.17. The Labute approximate surface area is 154 Å². The van der Waals surface area contributed by atoms with Crippen LogP contribution < -0.4 is 4.74 Å². The highest BCUT2D eigenvalue weighted by Gasteiger charge is 2.38. The fraction of sp³-hybridized carbons (Fsp3) is 0.632. The SMILES string of the molecule is Fc1c(F)c(F)c(OC2(N=C=NC3CCCCC3)CCCCC2)c(F)c1F. The van der Waals surface area contributed by atoms with Gasteiger partial charge in [-0.05, 0) is 25.7 Å². The Balaban J connectivity index is 1.91. The minimum absolute atomic E-state index is 0.0947. The van der Waals surface area contributed by atoms with Crippen molar-refractivity contribution in [2.45, 2.75) is 76.0 Å². The van der Waals surface area contributed by atoms with Crippen molar-refractivity contribution in [1.29, 1.82) is 0 Å². The van der Waals surface area contributed by atoms with Gasteiger partial charge in [-0.1, -0.05) is 25.7 Å². The maximum atomic E-state index is 14.0. The highest BCUT2D eigenvalue weighted by atomic mass is 19.2. The van der Waals surface area contributed by atoms with Crippen molar-refractivity contribution in [3.63, 3.8) is 0 Å². The number of rotatable bonds is 4. The highest BCUT2D eigenvalue weighted by Crippen LogP contribution is 2.38. The van der Waals surface area contributed by atoms with Crippen molar-refractivity contribution < 1.29 is 26.7 Å². The first-order valence-electron chi connectivity index (χ1n) is 9.31. The Bertz CT molecular complexity index is 720. The fourth-order valence-electron chi connectivity index (χ4n) is 3.62. The number of benzene rings is 1. The second kappa shape index (κ2) is 8.38. The number of halogens is 5. The Hall–Kier alpha value is -1.95. The first-order valence-corrected chi connectivity index (χ1v) is 9.31. The van der Waals surface area contributed by atoms with Crippen LogP contribution in [-0.4, -0.2) is 17.8 Å². The molecule has 0 aliphatic heterocycles. The van der Waals surface area contributed by atoms with Gasteiger partial charge in [-0.3, -0.25) is 0 Å². The molecular formula is C19H21F5N2O. The standard InChI is InChI=1S/C19H21F5N2O/c20-13-14(21)16(23)18(17(24)15(13)22)27-19(9-5-2-6-10-19)26-11-25-12-7-3-1-4-8-12/h12H,1-10H2. The zero-order valence-electron chi connectivity index (χ0n) is 14.8. The summed E-state index contributed by atoms with van der Waals surface area (Å²) in [5.41, 5.74) is -1.42. The lowest BCUT2D eigenvalue weighted by atomic mass is 9.92. The molecular weight excluding hydrogens is 367 g/mol. The van der Waals surface area contributed by atoms with Gasteiger partial charge in [0, 0.05) is 12.8 Å². The summed E-state index contributed by atoms with van der Waals surface area (Å²) < 4.78 is 73.5. The van der Waals surface area contributed by atoms with Crippen LogP contribution in [0.2, 0.25) is 0 Å². The molecule has 2 aliphatic rings. The molecule has 8 heteroatoms. The average Bonchev–Trinajstić information content (AvgIpc) is 2.70. The predicted octanol–water partition coefficient (Wildman–Crippen LogP) is 5.93. The van der Waals surface area contributed by atoms with E-state index < -0.39 is 40.6 Å². The van der Waals surface area contributed by atoms with Gasteiger partial charge in [-0.2, -0.15) is 13.8 Å². The topological polar surface area (TPSA) is 34.0 Å². The van der Waals surface area contributed by atoms with E-state index in [1.54, 1.807) is 0 Å². The lowest BCUT2D eigenvalue weighted by Crippen LogP contribution is -2.37. The summed E-state index contributed by atoms with van der Waals surface area (Å²) in [6.45, 7) is 0. The van der Waals surface area contributed by atoms with E-state index in [0.29, 0.717) is 25.7 Å². The lowest BCUT2D eigenvalue weighted by molar-refractivity contribution is 0.0298. The van der Waals surface area contributed by atoms with Gasteiger partial charge in [0.1, 0.15) is 0 Å². The van der Waals surface area contributed by atoms with Crippen LogP contribution in [0.15, 0.2) is 9.98 Å². The molecule has 0 N–H and O–H groups in total. The molecule has 0 unspecified atom stereocenters. The summed E-state index contributed by atoms with van der Waals surface area (Å²) in [6, 6.07) is 2.68. The van der Waals surface area contributed by atoms with Gasteiger partial charge < -0.3 is 4.74 Å². The quantitative estimate of drug-likeness (QED) is 0.272. The molecule has 148 valence electrons. The molecule has 1 aromatic rings. The molecule has 2 saturated carbocycles. The third kappa shape index (κ3) is 4.32. The second-order valence-corrected chi connectivity index (χ2v) is 7.14. The van der Waals surface area contributed by atoms with Crippen LogP contribution in [0.5, 0.6) is 5.75 Å². The molecule has 0 saturated heterocycles. The maximum Gasteiger partial charge on any atom is 0.210 e. The highest BCUT2D eigenvalue weighted by molar-refractivity contribution is 5.43. The average molecular weight is 388 g/mol. The molecule has 1 aromatic carbocycles. The van der Waals surface area contributed by atoms with Crippen molar-refractivity contribution in [2.24, 2.45) is 9.98 Å². The Morgan fingerprint density at radius 3 is 1.85 bits per heavy atom. The van der Waals surface area contributed by atoms with E-state index >= 15 is 0 Å². The first kappa shape index (κ1) is 19.8. The van der Waals surface area contributed by atoms with Crippen molar-refractivity contribution in [2.75, 3.05) is 0 Å². The van der Waals surface area contributed by atoms with Crippen LogP contribution in [0.1, 0.15) is 64.2 Å². The number of hydrogen-bond acceptors (Lipinski definition) is 3.